The molecule has 4 aromatic carbocycles. The topological polar surface area (TPSA) is 33.6 Å². The van der Waals surface area contributed by atoms with E-state index in [0.29, 0.717) is 5.56 Å². The first-order valence-electron chi connectivity index (χ1n) is 17.5. The molecule has 6 aromatic rings. The van der Waals surface area contributed by atoms with Crippen LogP contribution in [0, 0.1) is 11.3 Å². The van der Waals surface area contributed by atoms with Crippen LogP contribution in [-0.4, -0.2) is 9.13 Å². The number of rotatable bonds is 4. The summed E-state index contributed by atoms with van der Waals surface area (Å²) in [4.78, 5) is 0. The number of nitrogens with zero attached hydrogens (tertiary/aromatic N) is 3. The van der Waals surface area contributed by atoms with Crippen molar-refractivity contribution < 1.29 is 0 Å². The van der Waals surface area contributed by atoms with Crippen LogP contribution < -0.4 is 0 Å². The first-order chi connectivity index (χ1) is 24.2. The molecule has 3 aliphatic carbocycles. The molecular formula is C46H37N3. The average molecular weight is 632 g/mol. The number of nitriles is 1. The fraction of sp³-hybridized carbons (Fsp3) is 0.152. The van der Waals surface area contributed by atoms with Gasteiger partial charge in [-0.15, -0.1) is 0 Å². The van der Waals surface area contributed by atoms with Crippen molar-refractivity contribution in [3.63, 3.8) is 0 Å². The highest BCUT2D eigenvalue weighted by Gasteiger charge is 2.24. The minimum atomic E-state index is 0.706. The second-order valence-corrected chi connectivity index (χ2v) is 13.5. The van der Waals surface area contributed by atoms with Crippen molar-refractivity contribution in [1.82, 2.24) is 9.13 Å². The zero-order valence-corrected chi connectivity index (χ0v) is 27.8. The van der Waals surface area contributed by atoms with E-state index in [2.05, 4.69) is 150 Å². The number of aryl methyl sites for hydroxylation is 1. The van der Waals surface area contributed by atoms with Crippen LogP contribution in [-0.2, 0) is 19.3 Å². The molecule has 0 saturated heterocycles. The normalized spacial score (nSPS) is 14.8. The first-order valence-corrected chi connectivity index (χ1v) is 17.5. The summed E-state index contributed by atoms with van der Waals surface area (Å²) >= 11 is 0. The predicted molar refractivity (Wildman–Crippen MR) is 204 cm³/mol. The van der Waals surface area contributed by atoms with Crippen molar-refractivity contribution in [3.05, 3.63) is 160 Å². The second kappa shape index (κ2) is 12.0. The zero-order valence-electron chi connectivity index (χ0n) is 27.8. The largest absolute Gasteiger partial charge is 0.310 e. The van der Waals surface area contributed by atoms with Crippen molar-refractivity contribution in [1.29, 1.82) is 5.26 Å². The van der Waals surface area contributed by atoms with Crippen LogP contribution >= 0.6 is 0 Å². The van der Waals surface area contributed by atoms with Crippen molar-refractivity contribution >= 4 is 29.1 Å². The Morgan fingerprint density at radius 3 is 2.08 bits per heavy atom. The van der Waals surface area contributed by atoms with Crippen LogP contribution in [0.2, 0.25) is 0 Å². The molecule has 0 N–H and O–H groups in total. The van der Waals surface area contributed by atoms with Gasteiger partial charge >= 0.3 is 0 Å². The fourth-order valence-corrected chi connectivity index (χ4v) is 8.24. The minimum absolute atomic E-state index is 0.706. The molecule has 0 aliphatic heterocycles. The van der Waals surface area contributed by atoms with Gasteiger partial charge in [0, 0.05) is 28.1 Å². The van der Waals surface area contributed by atoms with E-state index < -0.39 is 0 Å². The molecule has 0 radical (unpaired) electrons. The van der Waals surface area contributed by atoms with Gasteiger partial charge in [-0.3, -0.25) is 0 Å². The third-order valence-electron chi connectivity index (χ3n) is 10.5. The Labute approximate surface area is 288 Å². The zero-order chi connectivity index (χ0) is 32.9. The summed E-state index contributed by atoms with van der Waals surface area (Å²) in [6.07, 6.45) is 22.4. The molecule has 2 aromatic heterocycles. The van der Waals surface area contributed by atoms with E-state index in [9.17, 15) is 5.26 Å². The summed E-state index contributed by atoms with van der Waals surface area (Å²) in [5.74, 6) is 0. The van der Waals surface area contributed by atoms with E-state index in [0.717, 1.165) is 43.3 Å². The van der Waals surface area contributed by atoms with E-state index >= 15 is 0 Å². The molecule has 0 bridgehead atoms. The van der Waals surface area contributed by atoms with Gasteiger partial charge in [0.05, 0.1) is 22.8 Å². The van der Waals surface area contributed by atoms with E-state index in [4.69, 9.17) is 0 Å². The fourth-order valence-electron chi connectivity index (χ4n) is 8.24. The second-order valence-electron chi connectivity index (χ2n) is 13.5. The molecule has 0 atom stereocenters. The summed E-state index contributed by atoms with van der Waals surface area (Å²) in [5, 5.41) is 10.8. The van der Waals surface area contributed by atoms with Crippen LogP contribution in [0.25, 0.3) is 62.8 Å². The molecule has 3 aliphatic rings. The van der Waals surface area contributed by atoms with Crippen molar-refractivity contribution in [2.24, 2.45) is 0 Å². The SMILES string of the molecule is CC1=CC=Cc2c(c3c(n2-c2cccc(-c4ccccc4-c4cccc(-n5c6c(c7cc(C#N)ccc75)CCC=C6)c4)c2)C=CCCC3)C1. The average Bonchev–Trinajstić information content (AvgIpc) is 3.37. The highest BCUT2D eigenvalue weighted by molar-refractivity contribution is 5.92. The van der Waals surface area contributed by atoms with Gasteiger partial charge in [-0.2, -0.15) is 5.26 Å². The maximum Gasteiger partial charge on any atom is 0.0991 e. The molecule has 49 heavy (non-hydrogen) atoms. The van der Waals surface area contributed by atoms with Crippen LogP contribution in [0.1, 0.15) is 65.5 Å². The molecule has 2 heterocycles. The van der Waals surface area contributed by atoms with E-state index in [1.807, 2.05) is 6.07 Å². The number of benzene rings is 4. The van der Waals surface area contributed by atoms with Gasteiger partial charge in [-0.05, 0) is 145 Å². The number of allylic oxidation sites excluding steroid dienone is 5. The van der Waals surface area contributed by atoms with Crippen LogP contribution in [0.3, 0.4) is 0 Å². The Balaban J connectivity index is 1.17. The first kappa shape index (κ1) is 29.3. The van der Waals surface area contributed by atoms with Gasteiger partial charge in [0.25, 0.3) is 0 Å². The van der Waals surface area contributed by atoms with Gasteiger partial charge in [0.2, 0.25) is 0 Å². The summed E-state index contributed by atoms with van der Waals surface area (Å²) in [7, 11) is 0. The highest BCUT2D eigenvalue weighted by Crippen LogP contribution is 2.39. The minimum Gasteiger partial charge on any atom is -0.310 e. The van der Waals surface area contributed by atoms with Gasteiger partial charge in [-0.1, -0.05) is 78.4 Å². The van der Waals surface area contributed by atoms with Crippen molar-refractivity contribution in [3.8, 4) is 39.7 Å². The molecule has 0 fully saturated rings. The smallest absolute Gasteiger partial charge is 0.0991 e. The predicted octanol–water partition coefficient (Wildman–Crippen LogP) is 11.5. The van der Waals surface area contributed by atoms with Crippen LogP contribution in [0.4, 0.5) is 0 Å². The lowest BCUT2D eigenvalue weighted by Crippen LogP contribution is -2.01. The quantitative estimate of drug-likeness (QED) is 0.191. The van der Waals surface area contributed by atoms with Gasteiger partial charge in [-0.25, -0.2) is 0 Å². The number of hydrogen-bond acceptors (Lipinski definition) is 1. The number of aromatic nitrogens is 2. The lowest BCUT2D eigenvalue weighted by Gasteiger charge is -2.16. The molecule has 236 valence electrons. The summed E-state index contributed by atoms with van der Waals surface area (Å²) in [6.45, 7) is 2.25. The number of hydrogen-bond donors (Lipinski definition) is 0. The summed E-state index contributed by atoms with van der Waals surface area (Å²) in [5.41, 5.74) is 18.6. The van der Waals surface area contributed by atoms with Gasteiger partial charge < -0.3 is 9.13 Å². The monoisotopic (exact) mass is 631 g/mol. The Bertz CT molecular complexity index is 2460. The van der Waals surface area contributed by atoms with E-state index in [1.165, 1.54) is 79.1 Å². The lowest BCUT2D eigenvalue weighted by molar-refractivity contribution is 0.843. The Hall–Kier alpha value is -5.85. The molecule has 3 heteroatoms. The van der Waals surface area contributed by atoms with E-state index in [1.54, 1.807) is 0 Å². The van der Waals surface area contributed by atoms with Crippen molar-refractivity contribution in [2.45, 2.75) is 45.4 Å². The third kappa shape index (κ3) is 4.95. The van der Waals surface area contributed by atoms with Gasteiger partial charge in [0.15, 0.2) is 0 Å². The van der Waals surface area contributed by atoms with Crippen LogP contribution in [0.15, 0.2) is 121 Å². The maximum atomic E-state index is 9.63. The molecule has 3 nitrogen and oxygen atoms in total. The Kier molecular flexibility index (Phi) is 7.17. The number of fused-ring (bicyclic) bond motifs is 6. The molecule has 0 saturated carbocycles. The highest BCUT2D eigenvalue weighted by atomic mass is 15.0. The summed E-state index contributed by atoms with van der Waals surface area (Å²) < 4.78 is 4.86. The Morgan fingerprint density at radius 2 is 1.33 bits per heavy atom. The molecule has 0 unspecified atom stereocenters. The Morgan fingerprint density at radius 1 is 0.633 bits per heavy atom. The molecule has 9 rings (SSSR count). The van der Waals surface area contributed by atoms with Gasteiger partial charge in [0.1, 0.15) is 0 Å². The van der Waals surface area contributed by atoms with Crippen LogP contribution in [0.5, 0.6) is 0 Å². The molecular weight excluding hydrogens is 595 g/mol. The van der Waals surface area contributed by atoms with E-state index in [-0.39, 0.29) is 0 Å². The lowest BCUT2D eigenvalue weighted by atomic mass is 9.94. The third-order valence-corrected chi connectivity index (χ3v) is 10.5. The summed E-state index contributed by atoms with van der Waals surface area (Å²) in [6, 6.07) is 35.2. The molecule has 0 amide bonds. The van der Waals surface area contributed by atoms with Crippen molar-refractivity contribution in [2.75, 3.05) is 0 Å². The standard InChI is InChI=1S/C46H37N3/c1-31-12-9-23-45-41(26-31)39-19-3-2-4-21-43(39)48(45)35-15-10-13-33(28-35)37-17-5-6-18-38(37)34-14-11-16-36(29-34)49-44-22-8-7-20-40(44)42-27-32(30-47)24-25-46(42)49/h4-6,8-18,21-25,27-29H,2-3,7,19-20,26H2,1H3. The molecule has 0 spiro atoms. The maximum absolute atomic E-state index is 9.63.